The van der Waals surface area contributed by atoms with E-state index in [1.807, 2.05) is 24.3 Å². The third-order valence-corrected chi connectivity index (χ3v) is 4.39. The summed E-state index contributed by atoms with van der Waals surface area (Å²) in [5, 5.41) is 2.96. The molecule has 2 amide bonds. The Bertz CT molecular complexity index is 772. The van der Waals surface area contributed by atoms with Crippen LogP contribution in [0.2, 0.25) is 5.02 Å². The van der Waals surface area contributed by atoms with E-state index < -0.39 is 11.8 Å². The van der Waals surface area contributed by atoms with E-state index in [1.54, 1.807) is 24.1 Å². The summed E-state index contributed by atoms with van der Waals surface area (Å²) in [6, 6.07) is 10.9. The molecule has 0 spiro atoms. The van der Waals surface area contributed by atoms with Crippen LogP contribution >= 0.6 is 11.6 Å². The van der Waals surface area contributed by atoms with Crippen molar-refractivity contribution in [3.8, 4) is 5.75 Å². The Labute approximate surface area is 156 Å². The summed E-state index contributed by atoms with van der Waals surface area (Å²) < 4.78 is 5.16. The van der Waals surface area contributed by atoms with Gasteiger partial charge in [-0.05, 0) is 36.4 Å². The number of piperazine rings is 1. The Morgan fingerprint density at radius 3 is 2.35 bits per heavy atom. The highest BCUT2D eigenvalue weighted by molar-refractivity contribution is 6.39. The van der Waals surface area contributed by atoms with E-state index in [-0.39, 0.29) is 0 Å². The topological polar surface area (TPSA) is 74.8 Å². The van der Waals surface area contributed by atoms with Crippen LogP contribution in [0, 0.1) is 0 Å². The van der Waals surface area contributed by atoms with Gasteiger partial charge in [0.05, 0.1) is 12.1 Å². The molecule has 8 heteroatoms. The predicted molar refractivity (Wildman–Crippen MR) is 99.7 cm³/mol. The second-order valence-corrected chi connectivity index (χ2v) is 6.23. The number of amides is 2. The minimum Gasteiger partial charge on any atom is -0.497 e. The minimum atomic E-state index is -0.697. The fourth-order valence-electron chi connectivity index (χ4n) is 2.72. The molecule has 1 aromatic carbocycles. The zero-order chi connectivity index (χ0) is 18.5. The monoisotopic (exact) mass is 374 g/mol. The summed E-state index contributed by atoms with van der Waals surface area (Å²) in [5.41, 5.74) is 1.06. The highest BCUT2D eigenvalue weighted by Crippen LogP contribution is 2.20. The van der Waals surface area contributed by atoms with E-state index in [2.05, 4.69) is 15.2 Å². The fourth-order valence-corrected chi connectivity index (χ4v) is 2.84. The number of hydrogen-bond donors (Lipinski definition) is 1. The van der Waals surface area contributed by atoms with Crippen LogP contribution in [0.3, 0.4) is 0 Å². The molecule has 7 nitrogen and oxygen atoms in total. The molecule has 3 rings (SSSR count). The van der Waals surface area contributed by atoms with Crippen molar-refractivity contribution in [1.82, 2.24) is 9.88 Å². The summed E-state index contributed by atoms with van der Waals surface area (Å²) in [6.45, 7) is 2.27. The molecule has 2 aromatic rings. The van der Waals surface area contributed by atoms with Gasteiger partial charge in [0.25, 0.3) is 0 Å². The van der Waals surface area contributed by atoms with E-state index in [4.69, 9.17) is 16.3 Å². The van der Waals surface area contributed by atoms with Crippen LogP contribution in [0.4, 0.5) is 11.5 Å². The summed E-state index contributed by atoms with van der Waals surface area (Å²) in [4.78, 5) is 32.1. The summed E-state index contributed by atoms with van der Waals surface area (Å²) in [5.74, 6) is -0.159. The molecule has 0 atom stereocenters. The van der Waals surface area contributed by atoms with Gasteiger partial charge in [-0.2, -0.15) is 0 Å². The summed E-state index contributed by atoms with van der Waals surface area (Å²) >= 11 is 5.75. The van der Waals surface area contributed by atoms with Gasteiger partial charge >= 0.3 is 11.8 Å². The molecule has 136 valence electrons. The van der Waals surface area contributed by atoms with Gasteiger partial charge in [0.2, 0.25) is 0 Å². The molecule has 0 saturated carbocycles. The Hall–Kier alpha value is -2.80. The van der Waals surface area contributed by atoms with Gasteiger partial charge in [-0.3, -0.25) is 9.59 Å². The van der Waals surface area contributed by atoms with Gasteiger partial charge in [0, 0.05) is 38.1 Å². The van der Waals surface area contributed by atoms with Crippen molar-refractivity contribution in [1.29, 1.82) is 0 Å². The van der Waals surface area contributed by atoms with Crippen molar-refractivity contribution in [3.63, 3.8) is 0 Å². The van der Waals surface area contributed by atoms with Crippen LogP contribution in [-0.2, 0) is 9.59 Å². The van der Waals surface area contributed by atoms with Crippen LogP contribution in [0.1, 0.15) is 0 Å². The molecule has 1 aliphatic rings. The average Bonchev–Trinajstić information content (AvgIpc) is 2.69. The molecule has 1 saturated heterocycles. The third-order valence-electron chi connectivity index (χ3n) is 4.17. The number of methoxy groups -OCH3 is 1. The molecule has 0 aliphatic carbocycles. The Balaban J connectivity index is 1.54. The third kappa shape index (κ3) is 4.23. The number of aromatic nitrogens is 1. The lowest BCUT2D eigenvalue weighted by Gasteiger charge is -2.35. The number of pyridine rings is 1. The molecule has 2 heterocycles. The molecule has 1 aliphatic heterocycles. The maximum absolute atomic E-state index is 12.3. The second-order valence-electron chi connectivity index (χ2n) is 5.79. The Morgan fingerprint density at radius 2 is 1.77 bits per heavy atom. The smallest absolute Gasteiger partial charge is 0.315 e. The van der Waals surface area contributed by atoms with Crippen molar-refractivity contribution in [2.75, 3.05) is 43.5 Å². The van der Waals surface area contributed by atoms with Gasteiger partial charge in [-0.25, -0.2) is 4.98 Å². The quantitative estimate of drug-likeness (QED) is 0.832. The van der Waals surface area contributed by atoms with Crippen molar-refractivity contribution < 1.29 is 14.3 Å². The molecule has 1 fully saturated rings. The number of carbonyl (C=O) groups excluding carboxylic acids is 2. The van der Waals surface area contributed by atoms with Gasteiger partial charge in [-0.1, -0.05) is 11.6 Å². The number of benzene rings is 1. The van der Waals surface area contributed by atoms with Crippen molar-refractivity contribution in [2.24, 2.45) is 0 Å². The molecular formula is C18H19ClN4O3. The second kappa shape index (κ2) is 8.05. The first kappa shape index (κ1) is 18.0. The number of hydrogen-bond acceptors (Lipinski definition) is 5. The maximum atomic E-state index is 12.3. The number of carbonyl (C=O) groups is 2. The predicted octanol–water partition coefficient (Wildman–Crippen LogP) is 2.03. The lowest BCUT2D eigenvalue weighted by Crippen LogP contribution is -2.51. The van der Waals surface area contributed by atoms with Gasteiger partial charge in [0.1, 0.15) is 11.6 Å². The first-order valence-electron chi connectivity index (χ1n) is 8.17. The average molecular weight is 375 g/mol. The molecular weight excluding hydrogens is 356 g/mol. The van der Waals surface area contributed by atoms with Gasteiger partial charge < -0.3 is 19.9 Å². The van der Waals surface area contributed by atoms with Crippen molar-refractivity contribution >= 4 is 34.9 Å². The lowest BCUT2D eigenvalue weighted by molar-refractivity contribution is -0.143. The van der Waals surface area contributed by atoms with Crippen LogP contribution in [0.5, 0.6) is 5.75 Å². The Morgan fingerprint density at radius 1 is 1.08 bits per heavy atom. The normalized spacial score (nSPS) is 14.1. The van der Waals surface area contributed by atoms with E-state index in [9.17, 15) is 9.59 Å². The van der Waals surface area contributed by atoms with Crippen molar-refractivity contribution in [2.45, 2.75) is 0 Å². The maximum Gasteiger partial charge on any atom is 0.315 e. The minimum absolute atomic E-state index is 0.296. The van der Waals surface area contributed by atoms with E-state index in [1.165, 1.54) is 6.20 Å². The van der Waals surface area contributed by atoms with Gasteiger partial charge in [0.15, 0.2) is 0 Å². The van der Waals surface area contributed by atoms with E-state index in [0.717, 1.165) is 11.4 Å². The molecule has 1 aromatic heterocycles. The highest BCUT2D eigenvalue weighted by Gasteiger charge is 2.26. The first-order valence-corrected chi connectivity index (χ1v) is 8.55. The number of nitrogens with one attached hydrogen (secondary N) is 1. The molecule has 26 heavy (non-hydrogen) atoms. The lowest BCUT2D eigenvalue weighted by atomic mass is 10.2. The van der Waals surface area contributed by atoms with Crippen LogP contribution < -0.4 is 15.0 Å². The van der Waals surface area contributed by atoms with Crippen molar-refractivity contribution in [3.05, 3.63) is 47.6 Å². The molecule has 0 radical (unpaired) electrons. The number of halogens is 1. The van der Waals surface area contributed by atoms with E-state index in [0.29, 0.717) is 37.0 Å². The van der Waals surface area contributed by atoms with Gasteiger partial charge in [-0.15, -0.1) is 0 Å². The molecule has 0 bridgehead atoms. The summed E-state index contributed by atoms with van der Waals surface area (Å²) in [6.07, 6.45) is 1.41. The molecule has 1 N–H and O–H groups in total. The van der Waals surface area contributed by atoms with Crippen LogP contribution in [0.15, 0.2) is 42.6 Å². The standard InChI is InChI=1S/C18H19ClN4O3/c1-26-15-5-3-14(4-6-15)22-8-10-23(11-9-22)18(25)17(24)21-16-7-2-13(19)12-20-16/h2-7,12H,8-11H2,1H3,(H,20,21,24). The zero-order valence-electron chi connectivity index (χ0n) is 14.3. The van der Waals surface area contributed by atoms with E-state index >= 15 is 0 Å². The number of ether oxygens (including phenoxy) is 1. The number of rotatable bonds is 3. The van der Waals surface area contributed by atoms with Crippen LogP contribution in [-0.4, -0.2) is 55.0 Å². The largest absolute Gasteiger partial charge is 0.497 e. The SMILES string of the molecule is COc1ccc(N2CCN(C(=O)C(=O)Nc3ccc(Cl)cn3)CC2)cc1. The first-order chi connectivity index (χ1) is 12.6. The molecule has 0 unspecified atom stereocenters. The zero-order valence-corrected chi connectivity index (χ0v) is 15.1. The number of anilines is 2. The Kier molecular flexibility index (Phi) is 5.58. The fraction of sp³-hybridized carbons (Fsp3) is 0.278. The summed E-state index contributed by atoms with van der Waals surface area (Å²) in [7, 11) is 1.63. The number of nitrogens with zero attached hydrogens (tertiary/aromatic N) is 3. The highest BCUT2D eigenvalue weighted by atomic mass is 35.5. The van der Waals surface area contributed by atoms with Crippen LogP contribution in [0.25, 0.3) is 0 Å².